The van der Waals surface area contributed by atoms with Crippen LogP contribution in [0.4, 0.5) is 10.1 Å². The standard InChI is InChI=1S/C26H23FN4O3S/c1-14-29-24-22(35-14)7-6-15(25(24)31-12-17-11-16(31)13-34-17)10-20(32)19-8-9-28-26(30-19)23-18(27)4-3-5-21(23)33-2/h3-9,16-17H,10-13H2,1-2H3/t16-,17-/m1/s1. The van der Waals surface area contributed by atoms with Gasteiger partial charge in [0, 0.05) is 19.2 Å². The van der Waals surface area contributed by atoms with E-state index in [1.165, 1.54) is 19.4 Å². The Morgan fingerprint density at radius 2 is 2.14 bits per heavy atom. The third-order valence-electron chi connectivity index (χ3n) is 6.62. The van der Waals surface area contributed by atoms with Crippen LogP contribution in [0, 0.1) is 12.7 Å². The predicted molar refractivity (Wildman–Crippen MR) is 132 cm³/mol. The van der Waals surface area contributed by atoms with Crippen molar-refractivity contribution >= 4 is 33.0 Å². The molecule has 2 aliphatic rings. The lowest BCUT2D eigenvalue weighted by Crippen LogP contribution is -2.37. The first-order valence-corrected chi connectivity index (χ1v) is 12.3. The van der Waals surface area contributed by atoms with Gasteiger partial charge in [-0.1, -0.05) is 12.1 Å². The maximum atomic E-state index is 14.6. The van der Waals surface area contributed by atoms with Crippen molar-refractivity contribution in [2.75, 3.05) is 25.2 Å². The molecule has 4 heterocycles. The molecule has 0 spiro atoms. The van der Waals surface area contributed by atoms with Crippen LogP contribution < -0.4 is 9.64 Å². The van der Waals surface area contributed by atoms with Gasteiger partial charge in [-0.15, -0.1) is 11.3 Å². The molecule has 2 fully saturated rings. The fourth-order valence-electron chi connectivity index (χ4n) is 5.06. The summed E-state index contributed by atoms with van der Waals surface area (Å²) >= 11 is 1.65. The highest BCUT2D eigenvalue weighted by molar-refractivity contribution is 7.18. The summed E-state index contributed by atoms with van der Waals surface area (Å²) in [5.41, 5.74) is 3.22. The first-order valence-electron chi connectivity index (χ1n) is 11.5. The van der Waals surface area contributed by atoms with Crippen molar-refractivity contribution in [2.45, 2.75) is 31.9 Å². The molecule has 2 saturated heterocycles. The van der Waals surface area contributed by atoms with Gasteiger partial charge in [-0.05, 0) is 43.2 Å². The van der Waals surface area contributed by atoms with Crippen LogP contribution in [-0.2, 0) is 11.2 Å². The molecule has 6 rings (SSSR count). The Kier molecular flexibility index (Phi) is 5.46. The maximum absolute atomic E-state index is 14.6. The zero-order chi connectivity index (χ0) is 24.1. The van der Waals surface area contributed by atoms with Gasteiger partial charge < -0.3 is 14.4 Å². The minimum Gasteiger partial charge on any atom is -0.496 e. The van der Waals surface area contributed by atoms with Crippen molar-refractivity contribution in [1.29, 1.82) is 0 Å². The summed E-state index contributed by atoms with van der Waals surface area (Å²) in [5, 5.41) is 0.990. The van der Waals surface area contributed by atoms with Gasteiger partial charge in [-0.2, -0.15) is 0 Å². The Balaban J connectivity index is 1.37. The van der Waals surface area contributed by atoms with Crippen LogP contribution in [0.5, 0.6) is 5.75 Å². The summed E-state index contributed by atoms with van der Waals surface area (Å²) in [7, 11) is 1.46. The molecule has 2 atom stereocenters. The molecule has 2 aromatic carbocycles. The van der Waals surface area contributed by atoms with E-state index in [1.54, 1.807) is 29.5 Å². The molecule has 0 unspecified atom stereocenters. The second kappa shape index (κ2) is 8.66. The number of carbonyl (C=O) groups is 1. The average molecular weight is 491 g/mol. The number of hydrogen-bond donors (Lipinski definition) is 0. The molecule has 7 nitrogen and oxygen atoms in total. The molecule has 4 aromatic rings. The molecule has 2 aliphatic heterocycles. The number of nitrogens with zero attached hydrogens (tertiary/aromatic N) is 4. The van der Waals surface area contributed by atoms with E-state index >= 15 is 0 Å². The van der Waals surface area contributed by atoms with Crippen LogP contribution in [0.15, 0.2) is 42.6 Å². The monoisotopic (exact) mass is 490 g/mol. The number of aryl methyl sites for hydroxylation is 1. The lowest BCUT2D eigenvalue weighted by atomic mass is 10.0. The van der Waals surface area contributed by atoms with Crippen LogP contribution in [0.2, 0.25) is 0 Å². The van der Waals surface area contributed by atoms with E-state index in [9.17, 15) is 9.18 Å². The fourth-order valence-corrected chi connectivity index (χ4v) is 5.89. The summed E-state index contributed by atoms with van der Waals surface area (Å²) in [4.78, 5) is 29.2. The van der Waals surface area contributed by atoms with Crippen LogP contribution in [0.1, 0.15) is 27.5 Å². The minimum absolute atomic E-state index is 0.116. The third-order valence-corrected chi connectivity index (χ3v) is 7.56. The number of ether oxygens (including phenoxy) is 2. The van der Waals surface area contributed by atoms with Crippen LogP contribution >= 0.6 is 11.3 Å². The van der Waals surface area contributed by atoms with Crippen molar-refractivity contribution in [2.24, 2.45) is 0 Å². The van der Waals surface area contributed by atoms with Gasteiger partial charge >= 0.3 is 0 Å². The van der Waals surface area contributed by atoms with E-state index < -0.39 is 5.82 Å². The molecule has 0 radical (unpaired) electrons. The summed E-state index contributed by atoms with van der Waals surface area (Å²) in [6.45, 7) is 3.49. The number of aromatic nitrogens is 3. The van der Waals surface area contributed by atoms with Gasteiger partial charge in [-0.3, -0.25) is 4.79 Å². The number of morpholine rings is 1. The number of thiazole rings is 1. The van der Waals surface area contributed by atoms with Gasteiger partial charge in [0.1, 0.15) is 22.8 Å². The average Bonchev–Trinajstić information content (AvgIpc) is 3.59. The minimum atomic E-state index is -0.508. The molecule has 0 saturated carbocycles. The number of rotatable bonds is 6. The van der Waals surface area contributed by atoms with Crippen molar-refractivity contribution in [3.8, 4) is 17.1 Å². The Morgan fingerprint density at radius 1 is 1.26 bits per heavy atom. The van der Waals surface area contributed by atoms with Gasteiger partial charge in [0.25, 0.3) is 0 Å². The van der Waals surface area contributed by atoms with Crippen LogP contribution in [0.3, 0.4) is 0 Å². The Bertz CT molecular complexity index is 1460. The number of carbonyl (C=O) groups excluding carboxylic acids is 1. The lowest BCUT2D eigenvalue weighted by molar-refractivity contribution is 0.0984. The Hall–Kier alpha value is -3.43. The fraction of sp³-hybridized carbons (Fsp3) is 0.308. The van der Waals surface area contributed by atoms with Crippen molar-refractivity contribution in [3.63, 3.8) is 0 Å². The zero-order valence-corrected chi connectivity index (χ0v) is 20.1. The van der Waals surface area contributed by atoms with Crippen molar-refractivity contribution in [3.05, 3.63) is 64.7 Å². The summed E-state index contributed by atoms with van der Waals surface area (Å²) in [6, 6.07) is 10.4. The van der Waals surface area contributed by atoms with E-state index in [2.05, 4.69) is 14.9 Å². The topological polar surface area (TPSA) is 77.4 Å². The van der Waals surface area contributed by atoms with Crippen molar-refractivity contribution < 1.29 is 18.7 Å². The van der Waals surface area contributed by atoms with Crippen LogP contribution in [-0.4, -0.2) is 53.1 Å². The highest BCUT2D eigenvalue weighted by atomic mass is 32.1. The van der Waals surface area contributed by atoms with Crippen LogP contribution in [0.25, 0.3) is 21.6 Å². The normalized spacial score (nSPS) is 19.0. The SMILES string of the molecule is COc1cccc(F)c1-c1nccc(C(=O)Cc2ccc3sc(C)nc3c2N2C[C@H]3C[C@@H]2CO3)n1. The van der Waals surface area contributed by atoms with E-state index in [4.69, 9.17) is 14.5 Å². The number of anilines is 1. The smallest absolute Gasteiger partial charge is 0.185 e. The molecule has 35 heavy (non-hydrogen) atoms. The highest BCUT2D eigenvalue weighted by Gasteiger charge is 2.40. The highest BCUT2D eigenvalue weighted by Crippen LogP contribution is 2.40. The number of methoxy groups -OCH3 is 1. The summed E-state index contributed by atoms with van der Waals surface area (Å²) in [6.07, 6.45) is 2.85. The largest absolute Gasteiger partial charge is 0.496 e. The first-order chi connectivity index (χ1) is 17.0. The lowest BCUT2D eigenvalue weighted by Gasteiger charge is -2.31. The molecule has 178 valence electrons. The third kappa shape index (κ3) is 3.84. The number of fused-ring (bicyclic) bond motifs is 3. The maximum Gasteiger partial charge on any atom is 0.185 e. The van der Waals surface area contributed by atoms with E-state index in [-0.39, 0.29) is 35.4 Å². The number of ketones is 1. The number of benzene rings is 2. The first kappa shape index (κ1) is 22.1. The number of hydrogen-bond acceptors (Lipinski definition) is 8. The summed E-state index contributed by atoms with van der Waals surface area (Å²) in [5.74, 6) is -0.248. The van der Waals surface area contributed by atoms with Gasteiger partial charge in [0.05, 0.1) is 46.8 Å². The Labute approximate surface area is 205 Å². The molecular formula is C26H23FN4O3S. The summed E-state index contributed by atoms with van der Waals surface area (Å²) < 4.78 is 26.8. The number of halogens is 1. The molecular weight excluding hydrogens is 467 g/mol. The van der Waals surface area contributed by atoms with Gasteiger partial charge in [0.2, 0.25) is 0 Å². The molecule has 2 aromatic heterocycles. The molecule has 0 aliphatic carbocycles. The molecule has 9 heteroatoms. The number of Topliss-reactive ketones (excluding diaryl/α,β-unsaturated/α-hetero) is 1. The van der Waals surface area contributed by atoms with E-state index in [0.29, 0.717) is 18.4 Å². The zero-order valence-electron chi connectivity index (χ0n) is 19.3. The van der Waals surface area contributed by atoms with E-state index in [0.717, 1.165) is 39.4 Å². The molecule has 2 bridgehead atoms. The predicted octanol–water partition coefficient (Wildman–Crippen LogP) is 4.61. The van der Waals surface area contributed by atoms with Gasteiger partial charge in [0.15, 0.2) is 11.6 Å². The quantitative estimate of drug-likeness (QED) is 0.365. The second-order valence-electron chi connectivity index (χ2n) is 8.83. The Morgan fingerprint density at radius 3 is 2.91 bits per heavy atom. The van der Waals surface area contributed by atoms with Crippen molar-refractivity contribution in [1.82, 2.24) is 15.0 Å². The van der Waals surface area contributed by atoms with E-state index in [1.807, 2.05) is 19.1 Å². The second-order valence-corrected chi connectivity index (χ2v) is 10.1. The van der Waals surface area contributed by atoms with Gasteiger partial charge in [-0.25, -0.2) is 19.3 Å². The molecule has 0 amide bonds. The molecule has 0 N–H and O–H groups in total.